The molecular formula is C19H19F2NO4. The molecule has 0 saturated heterocycles. The molecule has 1 aliphatic rings. The maximum absolute atomic E-state index is 13.6. The van der Waals surface area contributed by atoms with Crippen LogP contribution in [0.5, 0.6) is 17.2 Å². The van der Waals surface area contributed by atoms with Crippen molar-refractivity contribution < 1.29 is 27.8 Å². The van der Waals surface area contributed by atoms with E-state index in [9.17, 15) is 13.6 Å². The summed E-state index contributed by atoms with van der Waals surface area (Å²) in [6, 6.07) is 9.75. The predicted molar refractivity (Wildman–Crippen MR) is 90.4 cm³/mol. The summed E-state index contributed by atoms with van der Waals surface area (Å²) in [5, 5.41) is 2.75. The van der Waals surface area contributed by atoms with Gasteiger partial charge in [0.2, 0.25) is 6.10 Å². The summed E-state index contributed by atoms with van der Waals surface area (Å²) in [5.74, 6) is -0.817. The fraction of sp³-hybridized carbons (Fsp3) is 0.316. The molecule has 0 saturated carbocycles. The van der Waals surface area contributed by atoms with Crippen LogP contribution in [0.1, 0.15) is 13.8 Å². The first kappa shape index (κ1) is 18.0. The molecule has 3 atom stereocenters. The Kier molecular flexibility index (Phi) is 5.25. The van der Waals surface area contributed by atoms with Gasteiger partial charge in [-0.3, -0.25) is 4.79 Å². The number of carbonyl (C=O) groups excluding carboxylic acids is 1. The van der Waals surface area contributed by atoms with Gasteiger partial charge in [-0.05, 0) is 38.1 Å². The highest BCUT2D eigenvalue weighted by atomic mass is 19.1. The van der Waals surface area contributed by atoms with Crippen molar-refractivity contribution in [3.8, 4) is 17.2 Å². The lowest BCUT2D eigenvalue weighted by Gasteiger charge is -2.31. The number of halogens is 2. The molecule has 3 unspecified atom stereocenters. The fourth-order valence-corrected chi connectivity index (χ4v) is 2.58. The number of amides is 1. The Morgan fingerprint density at radius 3 is 2.58 bits per heavy atom. The second kappa shape index (κ2) is 7.59. The molecule has 138 valence electrons. The number of hydrogen-bond acceptors (Lipinski definition) is 4. The minimum absolute atomic E-state index is 0.0207. The molecule has 2 aromatic carbocycles. The van der Waals surface area contributed by atoms with Crippen molar-refractivity contribution in [2.45, 2.75) is 32.1 Å². The average Bonchev–Trinajstić information content (AvgIpc) is 2.60. The van der Waals surface area contributed by atoms with E-state index in [1.54, 1.807) is 32.0 Å². The monoisotopic (exact) mass is 363 g/mol. The molecule has 5 nitrogen and oxygen atoms in total. The Labute approximate surface area is 149 Å². The van der Waals surface area contributed by atoms with Gasteiger partial charge < -0.3 is 19.5 Å². The van der Waals surface area contributed by atoms with Crippen LogP contribution in [0.4, 0.5) is 8.78 Å². The Bertz CT molecular complexity index is 799. The van der Waals surface area contributed by atoms with Crippen molar-refractivity contribution in [3.05, 3.63) is 54.1 Å². The van der Waals surface area contributed by atoms with Crippen molar-refractivity contribution >= 4 is 5.91 Å². The maximum atomic E-state index is 13.6. The second-order valence-corrected chi connectivity index (χ2v) is 6.10. The molecule has 7 heteroatoms. The quantitative estimate of drug-likeness (QED) is 0.887. The van der Waals surface area contributed by atoms with Crippen molar-refractivity contribution in [1.82, 2.24) is 5.32 Å². The Morgan fingerprint density at radius 2 is 1.88 bits per heavy atom. The molecule has 1 N–H and O–H groups in total. The van der Waals surface area contributed by atoms with E-state index in [-0.39, 0.29) is 18.3 Å². The zero-order chi connectivity index (χ0) is 18.7. The zero-order valence-corrected chi connectivity index (χ0v) is 14.4. The summed E-state index contributed by atoms with van der Waals surface area (Å²) in [6.07, 6.45) is -1.28. The minimum atomic E-state index is -0.810. The summed E-state index contributed by atoms with van der Waals surface area (Å²) in [5.41, 5.74) is 0. The Hall–Kier alpha value is -2.83. The molecule has 0 radical (unpaired) electrons. The number of hydrogen-bond donors (Lipinski definition) is 1. The largest absolute Gasteiger partial charge is 0.488 e. The van der Waals surface area contributed by atoms with Crippen LogP contribution < -0.4 is 19.5 Å². The summed E-state index contributed by atoms with van der Waals surface area (Å²) in [6.45, 7) is 3.48. The molecule has 1 amide bonds. The van der Waals surface area contributed by atoms with E-state index in [1.165, 1.54) is 6.07 Å². The maximum Gasteiger partial charge on any atom is 0.265 e. The normalized spacial score (nSPS) is 19.5. The van der Waals surface area contributed by atoms with E-state index in [2.05, 4.69) is 5.32 Å². The Balaban J connectivity index is 1.56. The van der Waals surface area contributed by atoms with Gasteiger partial charge in [0, 0.05) is 6.07 Å². The summed E-state index contributed by atoms with van der Waals surface area (Å²) >= 11 is 0. The molecule has 0 fully saturated rings. The molecule has 1 heterocycles. The van der Waals surface area contributed by atoms with Gasteiger partial charge in [-0.25, -0.2) is 8.78 Å². The summed E-state index contributed by atoms with van der Waals surface area (Å²) in [7, 11) is 0. The fourth-order valence-electron chi connectivity index (χ4n) is 2.58. The van der Waals surface area contributed by atoms with Crippen molar-refractivity contribution in [1.29, 1.82) is 0 Å². The highest BCUT2D eigenvalue weighted by molar-refractivity contribution is 5.82. The molecule has 3 rings (SSSR count). The van der Waals surface area contributed by atoms with Crippen LogP contribution in [0.2, 0.25) is 0 Å². The summed E-state index contributed by atoms with van der Waals surface area (Å²) in [4.78, 5) is 12.5. The van der Waals surface area contributed by atoms with Crippen LogP contribution in [0.3, 0.4) is 0 Å². The minimum Gasteiger partial charge on any atom is -0.488 e. The smallest absolute Gasteiger partial charge is 0.265 e. The predicted octanol–water partition coefficient (Wildman–Crippen LogP) is 3.08. The number of rotatable bonds is 5. The van der Waals surface area contributed by atoms with Crippen molar-refractivity contribution in [3.63, 3.8) is 0 Å². The first-order valence-corrected chi connectivity index (χ1v) is 8.24. The number of para-hydroxylation sites is 2. The van der Waals surface area contributed by atoms with Gasteiger partial charge in [0.05, 0.1) is 6.04 Å². The van der Waals surface area contributed by atoms with E-state index < -0.39 is 29.9 Å². The molecule has 0 aromatic heterocycles. The number of fused-ring (bicyclic) bond motifs is 1. The summed E-state index contributed by atoms with van der Waals surface area (Å²) < 4.78 is 43.2. The van der Waals surface area contributed by atoms with Gasteiger partial charge in [-0.2, -0.15) is 0 Å². The van der Waals surface area contributed by atoms with Crippen molar-refractivity contribution in [2.24, 2.45) is 0 Å². The number of ether oxygens (including phenoxy) is 3. The first-order chi connectivity index (χ1) is 12.4. The number of carbonyl (C=O) groups is 1. The van der Waals surface area contributed by atoms with Crippen LogP contribution in [-0.2, 0) is 4.79 Å². The zero-order valence-electron chi connectivity index (χ0n) is 14.4. The Morgan fingerprint density at radius 1 is 1.19 bits per heavy atom. The van der Waals surface area contributed by atoms with Gasteiger partial charge in [0.1, 0.15) is 18.5 Å². The molecule has 0 spiro atoms. The second-order valence-electron chi connectivity index (χ2n) is 6.10. The molecule has 2 aromatic rings. The molecular weight excluding hydrogens is 344 g/mol. The van der Waals surface area contributed by atoms with Gasteiger partial charge in [-0.1, -0.05) is 12.1 Å². The molecule has 0 bridgehead atoms. The van der Waals surface area contributed by atoms with Crippen LogP contribution in [0, 0.1) is 11.6 Å². The van der Waals surface area contributed by atoms with E-state index in [0.717, 1.165) is 12.1 Å². The lowest BCUT2D eigenvalue weighted by molar-refractivity contribution is -0.134. The van der Waals surface area contributed by atoms with Gasteiger partial charge in [0.15, 0.2) is 23.1 Å². The van der Waals surface area contributed by atoms with Gasteiger partial charge >= 0.3 is 0 Å². The van der Waals surface area contributed by atoms with E-state index in [4.69, 9.17) is 14.2 Å². The van der Waals surface area contributed by atoms with Gasteiger partial charge in [-0.15, -0.1) is 0 Å². The number of nitrogens with one attached hydrogen (secondary N) is 1. The first-order valence-electron chi connectivity index (χ1n) is 8.24. The topological polar surface area (TPSA) is 56.8 Å². The van der Waals surface area contributed by atoms with Crippen molar-refractivity contribution in [2.75, 3.05) is 6.61 Å². The van der Waals surface area contributed by atoms with E-state index >= 15 is 0 Å². The highest BCUT2D eigenvalue weighted by Gasteiger charge is 2.34. The van der Waals surface area contributed by atoms with Crippen LogP contribution in [0.15, 0.2) is 42.5 Å². The average molecular weight is 363 g/mol. The third-order valence-electron chi connectivity index (χ3n) is 3.87. The highest BCUT2D eigenvalue weighted by Crippen LogP contribution is 2.33. The van der Waals surface area contributed by atoms with E-state index in [0.29, 0.717) is 11.5 Å². The lowest BCUT2D eigenvalue weighted by atomic mass is 10.1. The lowest BCUT2D eigenvalue weighted by Crippen LogP contribution is -2.52. The molecule has 1 aliphatic heterocycles. The third-order valence-corrected chi connectivity index (χ3v) is 3.87. The molecule has 0 aliphatic carbocycles. The van der Waals surface area contributed by atoms with E-state index in [1.807, 2.05) is 6.07 Å². The van der Waals surface area contributed by atoms with Crippen LogP contribution >= 0.6 is 0 Å². The number of benzene rings is 2. The van der Waals surface area contributed by atoms with Gasteiger partial charge in [0.25, 0.3) is 5.91 Å². The SMILES string of the molecule is CC(COc1ccc(F)cc1F)NC(=O)C1Oc2ccccc2OC1C. The van der Waals surface area contributed by atoms with Crippen LogP contribution in [-0.4, -0.2) is 30.8 Å². The molecule has 26 heavy (non-hydrogen) atoms. The standard InChI is InChI=1S/C19H19F2NO4/c1-11(10-24-15-8-7-13(20)9-14(15)21)22-19(23)18-12(2)25-16-5-3-4-6-17(16)26-18/h3-9,11-12,18H,10H2,1-2H3,(H,22,23). The third kappa shape index (κ3) is 4.04. The van der Waals surface area contributed by atoms with Crippen LogP contribution in [0.25, 0.3) is 0 Å².